The third-order valence-electron chi connectivity index (χ3n) is 1.25. The number of aromatic nitrogens is 1. The minimum Gasteiger partial charge on any atom is -0.494 e. The highest BCUT2D eigenvalue weighted by Gasteiger charge is 1.97. The van der Waals surface area contributed by atoms with Crippen molar-refractivity contribution in [3.8, 4) is 5.75 Å². The molecule has 0 saturated heterocycles. The maximum Gasteiger partial charge on any atom is 0.145 e. The molecule has 0 amide bonds. The monoisotopic (exact) mass is 138 g/mol. The van der Waals surface area contributed by atoms with E-state index in [2.05, 4.69) is 4.98 Å². The predicted molar refractivity (Wildman–Crippen MR) is 39.9 cm³/mol. The lowest BCUT2D eigenvalue weighted by Gasteiger charge is -2.02. The second kappa shape index (κ2) is 2.56. The van der Waals surface area contributed by atoms with Crippen LogP contribution < -0.4 is 10.5 Å². The van der Waals surface area contributed by atoms with Gasteiger partial charge in [0.25, 0.3) is 0 Å². The van der Waals surface area contributed by atoms with Crippen LogP contribution in [0.15, 0.2) is 12.3 Å². The predicted octanol–water partition coefficient (Wildman–Crippen LogP) is 0.981. The Morgan fingerprint density at radius 1 is 1.60 bits per heavy atom. The number of nitrogens with two attached hydrogens (primary N) is 1. The van der Waals surface area contributed by atoms with Crippen molar-refractivity contribution in [2.24, 2.45) is 0 Å². The molecule has 0 aliphatic rings. The van der Waals surface area contributed by atoms with E-state index in [9.17, 15) is 0 Å². The molecule has 1 aromatic rings. The van der Waals surface area contributed by atoms with E-state index in [1.165, 1.54) is 0 Å². The van der Waals surface area contributed by atoms with Crippen molar-refractivity contribution in [2.45, 2.75) is 6.92 Å². The Morgan fingerprint density at radius 3 is 2.80 bits per heavy atom. The topological polar surface area (TPSA) is 48.1 Å². The Balaban J connectivity index is 3.09. The molecule has 2 N–H and O–H groups in total. The van der Waals surface area contributed by atoms with Gasteiger partial charge in [-0.3, -0.25) is 4.98 Å². The average Bonchev–Trinajstić information content (AvgIpc) is 1.94. The van der Waals surface area contributed by atoms with Gasteiger partial charge in [0.1, 0.15) is 5.75 Å². The molecule has 3 heteroatoms. The Bertz CT molecular complexity index is 235. The van der Waals surface area contributed by atoms with Gasteiger partial charge >= 0.3 is 0 Å². The van der Waals surface area contributed by atoms with Gasteiger partial charge in [0.2, 0.25) is 0 Å². The quantitative estimate of drug-likeness (QED) is 0.629. The normalized spacial score (nSPS) is 9.40. The summed E-state index contributed by atoms with van der Waals surface area (Å²) in [6.45, 7) is 1.89. The van der Waals surface area contributed by atoms with Gasteiger partial charge in [-0.15, -0.1) is 0 Å². The van der Waals surface area contributed by atoms with Gasteiger partial charge in [0.15, 0.2) is 0 Å². The number of hydrogen-bond donors (Lipinski definition) is 1. The largest absolute Gasteiger partial charge is 0.494 e. The van der Waals surface area contributed by atoms with Gasteiger partial charge in [-0.2, -0.15) is 0 Å². The minimum atomic E-state index is 0.577. The lowest BCUT2D eigenvalue weighted by Crippen LogP contribution is -1.94. The number of ether oxygens (including phenoxy) is 1. The van der Waals surface area contributed by atoms with Crippen LogP contribution in [0.5, 0.6) is 5.75 Å². The second-order valence-corrected chi connectivity index (χ2v) is 2.07. The molecule has 0 unspecified atom stereocenters. The zero-order valence-electron chi connectivity index (χ0n) is 6.09. The van der Waals surface area contributed by atoms with E-state index in [1.807, 2.05) is 6.92 Å². The molecule has 54 valence electrons. The van der Waals surface area contributed by atoms with Gasteiger partial charge in [0, 0.05) is 11.8 Å². The molecule has 3 nitrogen and oxygen atoms in total. The average molecular weight is 138 g/mol. The van der Waals surface area contributed by atoms with Gasteiger partial charge in [-0.1, -0.05) is 0 Å². The number of nitrogen functional groups attached to an aromatic ring is 1. The van der Waals surface area contributed by atoms with E-state index < -0.39 is 0 Å². The van der Waals surface area contributed by atoms with Crippen molar-refractivity contribution in [3.05, 3.63) is 18.0 Å². The number of pyridine rings is 1. The number of hydrogen-bond acceptors (Lipinski definition) is 3. The van der Waals surface area contributed by atoms with Crippen molar-refractivity contribution in [3.63, 3.8) is 0 Å². The first-order valence-corrected chi connectivity index (χ1v) is 3.00. The Labute approximate surface area is 59.8 Å². The Hall–Kier alpha value is -1.25. The van der Waals surface area contributed by atoms with Crippen molar-refractivity contribution in [1.29, 1.82) is 0 Å². The van der Waals surface area contributed by atoms with Gasteiger partial charge in [0.05, 0.1) is 19.0 Å². The SMILES string of the molecule is COc1cc(C)ncc1N. The van der Waals surface area contributed by atoms with Crippen LogP contribution in [-0.4, -0.2) is 12.1 Å². The molecular formula is C7H10N2O. The zero-order chi connectivity index (χ0) is 7.56. The molecule has 0 bridgehead atoms. The smallest absolute Gasteiger partial charge is 0.145 e. The Kier molecular flexibility index (Phi) is 1.76. The molecule has 0 saturated carbocycles. The first-order chi connectivity index (χ1) is 4.74. The highest BCUT2D eigenvalue weighted by atomic mass is 16.5. The number of methoxy groups -OCH3 is 1. The Morgan fingerprint density at radius 2 is 2.30 bits per heavy atom. The lowest BCUT2D eigenvalue weighted by atomic mass is 10.3. The van der Waals surface area contributed by atoms with Crippen LogP contribution in [0.2, 0.25) is 0 Å². The summed E-state index contributed by atoms with van der Waals surface area (Å²) in [4.78, 5) is 3.98. The number of aryl methyl sites for hydroxylation is 1. The van der Waals surface area contributed by atoms with Crippen LogP contribution in [-0.2, 0) is 0 Å². The van der Waals surface area contributed by atoms with Crippen LogP contribution in [0.3, 0.4) is 0 Å². The molecule has 0 atom stereocenters. The highest BCUT2D eigenvalue weighted by molar-refractivity contribution is 5.50. The van der Waals surface area contributed by atoms with Crippen LogP contribution in [0, 0.1) is 6.92 Å². The van der Waals surface area contributed by atoms with Crippen LogP contribution in [0.1, 0.15) is 5.69 Å². The fourth-order valence-corrected chi connectivity index (χ4v) is 0.722. The summed E-state index contributed by atoms with van der Waals surface area (Å²) >= 11 is 0. The summed E-state index contributed by atoms with van der Waals surface area (Å²) in [7, 11) is 1.59. The van der Waals surface area contributed by atoms with E-state index in [-0.39, 0.29) is 0 Å². The zero-order valence-corrected chi connectivity index (χ0v) is 6.09. The molecule has 0 fully saturated rings. The first-order valence-electron chi connectivity index (χ1n) is 3.00. The summed E-state index contributed by atoms with van der Waals surface area (Å²) in [6, 6.07) is 1.80. The van der Waals surface area contributed by atoms with Crippen molar-refractivity contribution < 1.29 is 4.74 Å². The second-order valence-electron chi connectivity index (χ2n) is 2.07. The van der Waals surface area contributed by atoms with Gasteiger partial charge in [-0.05, 0) is 6.92 Å². The van der Waals surface area contributed by atoms with Gasteiger partial charge < -0.3 is 10.5 Å². The molecule has 0 aromatic carbocycles. The fourth-order valence-electron chi connectivity index (χ4n) is 0.722. The van der Waals surface area contributed by atoms with Crippen LogP contribution >= 0.6 is 0 Å². The fraction of sp³-hybridized carbons (Fsp3) is 0.286. The standard InChI is InChI=1S/C7H10N2O/c1-5-3-7(10-2)6(8)4-9-5/h3-4H,8H2,1-2H3. The highest BCUT2D eigenvalue weighted by Crippen LogP contribution is 2.19. The summed E-state index contributed by atoms with van der Waals surface area (Å²) in [5.74, 6) is 0.688. The van der Waals surface area contributed by atoms with E-state index in [0.29, 0.717) is 11.4 Å². The van der Waals surface area contributed by atoms with Crippen LogP contribution in [0.4, 0.5) is 5.69 Å². The van der Waals surface area contributed by atoms with E-state index >= 15 is 0 Å². The summed E-state index contributed by atoms with van der Waals surface area (Å²) < 4.78 is 4.96. The molecule has 1 aromatic heterocycles. The van der Waals surface area contributed by atoms with Crippen molar-refractivity contribution in [2.75, 3.05) is 12.8 Å². The van der Waals surface area contributed by atoms with E-state index in [0.717, 1.165) is 5.69 Å². The molecule has 0 aliphatic heterocycles. The molecular weight excluding hydrogens is 128 g/mol. The lowest BCUT2D eigenvalue weighted by molar-refractivity contribution is 0.416. The maximum atomic E-state index is 5.51. The van der Waals surface area contributed by atoms with E-state index in [1.54, 1.807) is 19.4 Å². The number of rotatable bonds is 1. The number of anilines is 1. The maximum absolute atomic E-state index is 5.51. The number of nitrogens with zero attached hydrogens (tertiary/aromatic N) is 1. The third kappa shape index (κ3) is 1.18. The molecule has 0 radical (unpaired) electrons. The molecule has 0 spiro atoms. The van der Waals surface area contributed by atoms with Crippen molar-refractivity contribution in [1.82, 2.24) is 4.98 Å². The molecule has 10 heavy (non-hydrogen) atoms. The van der Waals surface area contributed by atoms with Gasteiger partial charge in [-0.25, -0.2) is 0 Å². The van der Waals surface area contributed by atoms with Crippen molar-refractivity contribution >= 4 is 5.69 Å². The van der Waals surface area contributed by atoms with E-state index in [4.69, 9.17) is 10.5 Å². The molecule has 0 aliphatic carbocycles. The summed E-state index contributed by atoms with van der Waals surface area (Å²) in [6.07, 6.45) is 1.59. The first kappa shape index (κ1) is 6.86. The third-order valence-corrected chi connectivity index (χ3v) is 1.25. The van der Waals surface area contributed by atoms with Crippen LogP contribution in [0.25, 0.3) is 0 Å². The molecule has 1 rings (SSSR count). The molecule has 1 heterocycles. The summed E-state index contributed by atoms with van der Waals surface area (Å²) in [5, 5.41) is 0. The summed E-state index contributed by atoms with van der Waals surface area (Å²) in [5.41, 5.74) is 7.00. The minimum absolute atomic E-state index is 0.577.